The first kappa shape index (κ1) is 12.0. The summed E-state index contributed by atoms with van der Waals surface area (Å²) < 4.78 is 0. The molecular weight excluding hydrogens is 208 g/mol. The molecule has 0 spiro atoms. The first-order valence-corrected chi connectivity index (χ1v) is 4.87. The van der Waals surface area contributed by atoms with Crippen molar-refractivity contribution in [1.29, 1.82) is 0 Å². The number of hydrogen-bond acceptors (Lipinski definition) is 4. The highest BCUT2D eigenvalue weighted by molar-refractivity contribution is 6.02. The van der Waals surface area contributed by atoms with E-state index in [2.05, 4.69) is 5.32 Å². The molecule has 0 aliphatic carbocycles. The summed E-state index contributed by atoms with van der Waals surface area (Å²) in [5.74, 6) is -0.496. The Morgan fingerprint density at radius 2 is 2.12 bits per heavy atom. The predicted octanol–water partition coefficient (Wildman–Crippen LogP) is 0.683. The molecule has 0 unspecified atom stereocenters. The number of nitrogen functional groups attached to an aromatic ring is 1. The summed E-state index contributed by atoms with van der Waals surface area (Å²) in [5, 5.41) is 11.8. The number of Topliss-reactive ketones (excluding diaryl/α,β-unsaturated/α-hetero) is 1. The van der Waals surface area contributed by atoms with Crippen LogP contribution in [0.1, 0.15) is 23.7 Å². The largest absolute Gasteiger partial charge is 0.506 e. The lowest BCUT2D eigenvalue weighted by Crippen LogP contribution is -2.23. The monoisotopic (exact) mass is 222 g/mol. The number of aromatic hydroxyl groups is 1. The fourth-order valence-electron chi connectivity index (χ4n) is 1.28. The van der Waals surface area contributed by atoms with E-state index in [1.807, 2.05) is 0 Å². The van der Waals surface area contributed by atoms with E-state index in [0.29, 0.717) is 0 Å². The van der Waals surface area contributed by atoms with E-state index >= 15 is 0 Å². The van der Waals surface area contributed by atoms with Gasteiger partial charge in [0.05, 0.1) is 5.69 Å². The highest BCUT2D eigenvalue weighted by Gasteiger charge is 2.11. The molecular formula is C11H14N2O3. The van der Waals surface area contributed by atoms with E-state index in [0.717, 1.165) is 0 Å². The van der Waals surface area contributed by atoms with Crippen molar-refractivity contribution in [3.05, 3.63) is 23.8 Å². The van der Waals surface area contributed by atoms with Crippen LogP contribution in [-0.2, 0) is 4.79 Å². The summed E-state index contributed by atoms with van der Waals surface area (Å²) >= 11 is 0. The number of ketones is 1. The van der Waals surface area contributed by atoms with Crippen LogP contribution in [0.3, 0.4) is 0 Å². The molecule has 0 bridgehead atoms. The number of phenolic OH excluding ortho intramolecular Hbond substituents is 1. The molecule has 0 radical (unpaired) electrons. The van der Waals surface area contributed by atoms with Gasteiger partial charge in [0.1, 0.15) is 5.75 Å². The summed E-state index contributed by atoms with van der Waals surface area (Å²) in [7, 11) is 0. The summed E-state index contributed by atoms with van der Waals surface area (Å²) in [6, 6.07) is 4.52. The number of hydrogen-bond donors (Lipinski definition) is 3. The van der Waals surface area contributed by atoms with Gasteiger partial charge in [-0.15, -0.1) is 0 Å². The number of nitrogens with two attached hydrogens (primary N) is 1. The molecule has 5 nitrogen and oxygen atoms in total. The Labute approximate surface area is 93.3 Å². The SMILES string of the molecule is CC(=O)NCCC(=O)c1cccc(O)c1N. The molecule has 1 amide bonds. The number of anilines is 1. The zero-order chi connectivity index (χ0) is 12.1. The highest BCUT2D eigenvalue weighted by Crippen LogP contribution is 2.24. The number of phenols is 1. The number of benzene rings is 1. The van der Waals surface area contributed by atoms with Crippen LogP contribution in [0.25, 0.3) is 0 Å². The molecule has 0 aromatic heterocycles. The van der Waals surface area contributed by atoms with Crippen LogP contribution in [0.5, 0.6) is 5.75 Å². The van der Waals surface area contributed by atoms with Crippen molar-refractivity contribution >= 4 is 17.4 Å². The van der Waals surface area contributed by atoms with Gasteiger partial charge in [0.15, 0.2) is 5.78 Å². The summed E-state index contributed by atoms with van der Waals surface area (Å²) in [5.41, 5.74) is 5.92. The molecule has 5 heteroatoms. The third-order valence-corrected chi connectivity index (χ3v) is 2.11. The van der Waals surface area contributed by atoms with Gasteiger partial charge < -0.3 is 16.2 Å². The van der Waals surface area contributed by atoms with Gasteiger partial charge in [-0.05, 0) is 12.1 Å². The van der Waals surface area contributed by atoms with Gasteiger partial charge in [0, 0.05) is 25.5 Å². The molecule has 1 aromatic carbocycles. The van der Waals surface area contributed by atoms with Gasteiger partial charge in [0.2, 0.25) is 5.91 Å². The summed E-state index contributed by atoms with van der Waals surface area (Å²) in [6.07, 6.45) is 0.160. The lowest BCUT2D eigenvalue weighted by molar-refractivity contribution is -0.118. The first-order chi connectivity index (χ1) is 7.52. The standard InChI is InChI=1S/C11H14N2O3/c1-7(14)13-6-5-9(15)8-3-2-4-10(16)11(8)12/h2-4,16H,5-6,12H2,1H3,(H,13,14). The maximum atomic E-state index is 11.7. The van der Waals surface area contributed by atoms with Gasteiger partial charge in [-0.2, -0.15) is 0 Å². The molecule has 0 saturated heterocycles. The van der Waals surface area contributed by atoms with E-state index in [9.17, 15) is 14.7 Å². The molecule has 0 saturated carbocycles. The Morgan fingerprint density at radius 1 is 1.44 bits per heavy atom. The van der Waals surface area contributed by atoms with Crippen molar-refractivity contribution in [2.45, 2.75) is 13.3 Å². The van der Waals surface area contributed by atoms with Crippen LogP contribution in [0.4, 0.5) is 5.69 Å². The van der Waals surface area contributed by atoms with Crippen LogP contribution in [0.2, 0.25) is 0 Å². The van der Waals surface area contributed by atoms with Crippen molar-refractivity contribution in [1.82, 2.24) is 5.32 Å². The van der Waals surface area contributed by atoms with Crippen molar-refractivity contribution in [3.8, 4) is 5.75 Å². The smallest absolute Gasteiger partial charge is 0.216 e. The number of carbonyl (C=O) groups excluding carboxylic acids is 2. The van der Waals surface area contributed by atoms with Gasteiger partial charge in [0.25, 0.3) is 0 Å². The van der Waals surface area contributed by atoms with Crippen LogP contribution >= 0.6 is 0 Å². The number of nitrogens with one attached hydrogen (secondary N) is 1. The molecule has 16 heavy (non-hydrogen) atoms. The summed E-state index contributed by atoms with van der Waals surface area (Å²) in [6.45, 7) is 1.65. The maximum Gasteiger partial charge on any atom is 0.216 e. The molecule has 1 aromatic rings. The normalized spacial score (nSPS) is 9.81. The second-order valence-corrected chi connectivity index (χ2v) is 3.39. The second-order valence-electron chi connectivity index (χ2n) is 3.39. The molecule has 0 aliphatic heterocycles. The molecule has 86 valence electrons. The second kappa shape index (κ2) is 5.16. The van der Waals surface area contributed by atoms with Crippen molar-refractivity contribution in [2.75, 3.05) is 12.3 Å². The highest BCUT2D eigenvalue weighted by atomic mass is 16.3. The fraction of sp³-hybridized carbons (Fsp3) is 0.273. The van der Waals surface area contributed by atoms with Crippen molar-refractivity contribution < 1.29 is 14.7 Å². The average molecular weight is 222 g/mol. The van der Waals surface area contributed by atoms with Crippen LogP contribution < -0.4 is 11.1 Å². The third kappa shape index (κ3) is 2.98. The molecule has 0 fully saturated rings. The van der Waals surface area contributed by atoms with E-state index in [1.165, 1.54) is 13.0 Å². The molecule has 0 heterocycles. The van der Waals surface area contributed by atoms with E-state index in [4.69, 9.17) is 5.73 Å². The Morgan fingerprint density at radius 3 is 2.75 bits per heavy atom. The van der Waals surface area contributed by atoms with Crippen LogP contribution in [-0.4, -0.2) is 23.3 Å². The average Bonchev–Trinajstić information content (AvgIpc) is 2.21. The van der Waals surface area contributed by atoms with E-state index < -0.39 is 0 Å². The third-order valence-electron chi connectivity index (χ3n) is 2.11. The van der Waals surface area contributed by atoms with E-state index in [-0.39, 0.29) is 41.7 Å². The van der Waals surface area contributed by atoms with Crippen LogP contribution in [0.15, 0.2) is 18.2 Å². The predicted molar refractivity (Wildman–Crippen MR) is 60.2 cm³/mol. The van der Waals surface area contributed by atoms with Crippen molar-refractivity contribution in [2.24, 2.45) is 0 Å². The van der Waals surface area contributed by atoms with E-state index in [1.54, 1.807) is 12.1 Å². The first-order valence-electron chi connectivity index (χ1n) is 4.87. The quantitative estimate of drug-likeness (QED) is 0.397. The Kier molecular flexibility index (Phi) is 3.88. The Hall–Kier alpha value is -2.04. The topological polar surface area (TPSA) is 92.4 Å². The molecule has 0 atom stereocenters. The Bertz CT molecular complexity index is 416. The molecule has 0 aliphatic rings. The molecule has 1 rings (SSSR count). The Balaban J connectivity index is 2.66. The minimum atomic E-state index is -0.206. The van der Waals surface area contributed by atoms with Crippen molar-refractivity contribution in [3.63, 3.8) is 0 Å². The van der Waals surface area contributed by atoms with Crippen LogP contribution in [0, 0.1) is 0 Å². The van der Waals surface area contributed by atoms with Gasteiger partial charge >= 0.3 is 0 Å². The minimum Gasteiger partial charge on any atom is -0.506 e. The van der Waals surface area contributed by atoms with Gasteiger partial charge in [-0.3, -0.25) is 9.59 Å². The number of para-hydroxylation sites is 1. The van der Waals surface area contributed by atoms with Gasteiger partial charge in [-0.25, -0.2) is 0 Å². The zero-order valence-corrected chi connectivity index (χ0v) is 8.99. The number of rotatable bonds is 4. The number of carbonyl (C=O) groups is 2. The zero-order valence-electron chi connectivity index (χ0n) is 8.99. The molecule has 4 N–H and O–H groups in total. The summed E-state index contributed by atoms with van der Waals surface area (Å²) in [4.78, 5) is 22.3. The lowest BCUT2D eigenvalue weighted by Gasteiger charge is -2.06. The minimum absolute atomic E-state index is 0.0790. The number of amides is 1. The lowest BCUT2D eigenvalue weighted by atomic mass is 10.1. The fourth-order valence-corrected chi connectivity index (χ4v) is 1.28. The van der Waals surface area contributed by atoms with Gasteiger partial charge in [-0.1, -0.05) is 6.07 Å². The maximum absolute atomic E-state index is 11.7.